The van der Waals surface area contributed by atoms with Gasteiger partial charge in [0.1, 0.15) is 29.4 Å². The molecule has 0 aliphatic carbocycles. The van der Waals surface area contributed by atoms with E-state index in [1.165, 1.54) is 11.1 Å². The average Bonchev–Trinajstić information content (AvgIpc) is 3.20. The van der Waals surface area contributed by atoms with Crippen LogP contribution in [0.3, 0.4) is 0 Å². The van der Waals surface area contributed by atoms with Gasteiger partial charge < -0.3 is 9.84 Å². The largest absolute Gasteiger partial charge is 0.508 e. The molecule has 0 unspecified atom stereocenters. The van der Waals surface area contributed by atoms with Gasteiger partial charge in [0, 0.05) is 17.5 Å². The van der Waals surface area contributed by atoms with E-state index in [1.54, 1.807) is 29.8 Å². The predicted molar refractivity (Wildman–Crippen MR) is 96.1 cm³/mol. The van der Waals surface area contributed by atoms with Crippen molar-refractivity contribution in [2.75, 3.05) is 0 Å². The molecule has 0 fully saturated rings. The maximum atomic E-state index is 9.55. The lowest BCUT2D eigenvalue weighted by Crippen LogP contribution is -1.96. The van der Waals surface area contributed by atoms with Crippen LogP contribution in [0.25, 0.3) is 16.0 Å². The average molecular weight is 336 g/mol. The Morgan fingerprint density at radius 3 is 2.92 bits per heavy atom. The first kappa shape index (κ1) is 14.8. The van der Waals surface area contributed by atoms with E-state index >= 15 is 0 Å². The highest BCUT2D eigenvalue weighted by Gasteiger charge is 2.09. The predicted octanol–water partition coefficient (Wildman–Crippen LogP) is 4.68. The van der Waals surface area contributed by atoms with E-state index in [0.29, 0.717) is 6.61 Å². The number of hydrogen-bond acceptors (Lipinski definition) is 4. The fourth-order valence-electron chi connectivity index (χ4n) is 2.62. The minimum absolute atomic E-state index is 0.223. The highest BCUT2D eigenvalue weighted by molar-refractivity contribution is 7.12. The van der Waals surface area contributed by atoms with Crippen LogP contribution in [-0.2, 0) is 6.61 Å². The van der Waals surface area contributed by atoms with Crippen molar-refractivity contribution in [3.8, 4) is 16.5 Å². The Labute approximate surface area is 143 Å². The minimum Gasteiger partial charge on any atom is -0.508 e. The smallest absolute Gasteiger partial charge is 0.132 e. The summed E-state index contributed by atoms with van der Waals surface area (Å²) in [6, 6.07) is 15.4. The van der Waals surface area contributed by atoms with Crippen molar-refractivity contribution >= 4 is 22.4 Å². The first-order valence-corrected chi connectivity index (χ1v) is 8.51. The van der Waals surface area contributed by atoms with Crippen molar-refractivity contribution in [1.29, 1.82) is 0 Å². The van der Waals surface area contributed by atoms with Crippen LogP contribution in [0.2, 0.25) is 0 Å². The number of benzene rings is 2. The first-order valence-electron chi connectivity index (χ1n) is 7.63. The number of fused-ring (bicyclic) bond motifs is 1. The summed E-state index contributed by atoms with van der Waals surface area (Å²) in [5, 5.41) is 12.6. The molecule has 2 aromatic carbocycles. The van der Waals surface area contributed by atoms with E-state index in [4.69, 9.17) is 4.74 Å². The summed E-state index contributed by atoms with van der Waals surface area (Å²) in [6.07, 6.45) is 1.76. The van der Waals surface area contributed by atoms with Crippen LogP contribution < -0.4 is 4.74 Å². The standard InChI is InChI=1S/C19H16N2O2S/c1-13-4-2-3-5-14(13)10-23-16-9-19(24-11-16)21-12-20-17-8-15(22)6-7-18(17)21/h2-9,11-12,22H,10H2,1H3. The lowest BCUT2D eigenvalue weighted by molar-refractivity contribution is 0.307. The van der Waals surface area contributed by atoms with E-state index < -0.39 is 0 Å². The third-order valence-electron chi connectivity index (χ3n) is 3.99. The molecule has 0 aliphatic rings. The first-order chi connectivity index (χ1) is 11.7. The molecule has 0 amide bonds. The molecule has 2 aromatic heterocycles. The number of aromatic nitrogens is 2. The summed E-state index contributed by atoms with van der Waals surface area (Å²) in [7, 11) is 0. The maximum absolute atomic E-state index is 9.55. The van der Waals surface area contributed by atoms with Crippen molar-refractivity contribution in [2.24, 2.45) is 0 Å². The van der Waals surface area contributed by atoms with Gasteiger partial charge >= 0.3 is 0 Å². The Kier molecular flexibility index (Phi) is 3.70. The van der Waals surface area contributed by atoms with Gasteiger partial charge in [-0.3, -0.25) is 4.57 Å². The molecule has 4 rings (SSSR count). The molecule has 5 heteroatoms. The fourth-order valence-corrected chi connectivity index (χ4v) is 3.44. The molecule has 0 radical (unpaired) electrons. The van der Waals surface area contributed by atoms with Crippen molar-refractivity contribution in [3.05, 3.63) is 71.4 Å². The molecule has 4 nitrogen and oxygen atoms in total. The quantitative estimate of drug-likeness (QED) is 0.588. The van der Waals surface area contributed by atoms with Gasteiger partial charge in [0.15, 0.2) is 0 Å². The summed E-state index contributed by atoms with van der Waals surface area (Å²) < 4.78 is 7.92. The molecule has 0 bridgehead atoms. The molecule has 4 aromatic rings. The Morgan fingerprint density at radius 2 is 2.04 bits per heavy atom. The van der Waals surface area contributed by atoms with Gasteiger partial charge in [0.05, 0.1) is 11.0 Å². The van der Waals surface area contributed by atoms with E-state index in [2.05, 4.69) is 24.0 Å². The fraction of sp³-hybridized carbons (Fsp3) is 0.105. The van der Waals surface area contributed by atoms with Crippen LogP contribution in [-0.4, -0.2) is 14.7 Å². The molecule has 24 heavy (non-hydrogen) atoms. The second-order valence-corrected chi connectivity index (χ2v) is 6.51. The SMILES string of the molecule is Cc1ccccc1COc1csc(-n2cnc3cc(O)ccc32)c1. The number of phenolic OH excluding ortho intramolecular Hbond substituents is 1. The van der Waals surface area contributed by atoms with Gasteiger partial charge in [0.25, 0.3) is 0 Å². The van der Waals surface area contributed by atoms with Gasteiger partial charge in [-0.05, 0) is 30.2 Å². The zero-order valence-electron chi connectivity index (χ0n) is 13.1. The number of thiophene rings is 1. The van der Waals surface area contributed by atoms with Crippen LogP contribution >= 0.6 is 11.3 Å². The van der Waals surface area contributed by atoms with Gasteiger partial charge in [-0.15, -0.1) is 11.3 Å². The molecule has 0 saturated carbocycles. The van der Waals surface area contributed by atoms with Crippen molar-refractivity contribution in [1.82, 2.24) is 9.55 Å². The number of hydrogen-bond donors (Lipinski definition) is 1. The number of ether oxygens (including phenoxy) is 1. The Bertz CT molecular complexity index is 1000. The molecular weight excluding hydrogens is 320 g/mol. The Hall–Kier alpha value is -2.79. The lowest BCUT2D eigenvalue weighted by atomic mass is 10.1. The zero-order valence-corrected chi connectivity index (χ0v) is 14.0. The number of nitrogens with zero attached hydrogens (tertiary/aromatic N) is 2. The van der Waals surface area contributed by atoms with Crippen LogP contribution in [0, 0.1) is 6.92 Å². The van der Waals surface area contributed by atoms with Crippen LogP contribution in [0.5, 0.6) is 11.5 Å². The third-order valence-corrected chi connectivity index (χ3v) is 4.89. The minimum atomic E-state index is 0.223. The van der Waals surface area contributed by atoms with Crippen molar-refractivity contribution in [2.45, 2.75) is 13.5 Å². The van der Waals surface area contributed by atoms with E-state index in [1.807, 2.05) is 34.2 Å². The molecule has 1 N–H and O–H groups in total. The van der Waals surface area contributed by atoms with Gasteiger partial charge in [-0.2, -0.15) is 0 Å². The van der Waals surface area contributed by atoms with E-state index in [0.717, 1.165) is 21.8 Å². The zero-order chi connectivity index (χ0) is 16.5. The molecule has 0 spiro atoms. The van der Waals surface area contributed by atoms with Gasteiger partial charge in [0.2, 0.25) is 0 Å². The summed E-state index contributed by atoms with van der Waals surface area (Å²) in [5.41, 5.74) is 4.15. The number of aromatic hydroxyl groups is 1. The second-order valence-electron chi connectivity index (χ2n) is 5.62. The molecule has 0 atom stereocenters. The normalized spacial score (nSPS) is 11.0. The van der Waals surface area contributed by atoms with Crippen molar-refractivity contribution in [3.63, 3.8) is 0 Å². The second kappa shape index (κ2) is 6.02. The Morgan fingerprint density at radius 1 is 1.17 bits per heavy atom. The van der Waals surface area contributed by atoms with E-state index in [-0.39, 0.29) is 5.75 Å². The highest BCUT2D eigenvalue weighted by Crippen LogP contribution is 2.29. The summed E-state index contributed by atoms with van der Waals surface area (Å²) >= 11 is 1.60. The molecule has 2 heterocycles. The number of aryl methyl sites for hydroxylation is 1. The lowest BCUT2D eigenvalue weighted by Gasteiger charge is -2.06. The molecular formula is C19H16N2O2S. The van der Waals surface area contributed by atoms with Gasteiger partial charge in [-0.1, -0.05) is 24.3 Å². The third kappa shape index (κ3) is 2.74. The molecule has 0 saturated heterocycles. The van der Waals surface area contributed by atoms with Crippen LogP contribution in [0.15, 0.2) is 60.2 Å². The van der Waals surface area contributed by atoms with Crippen LogP contribution in [0.4, 0.5) is 0 Å². The topological polar surface area (TPSA) is 47.3 Å². The summed E-state index contributed by atoms with van der Waals surface area (Å²) in [4.78, 5) is 4.34. The monoisotopic (exact) mass is 336 g/mol. The Balaban J connectivity index is 1.57. The highest BCUT2D eigenvalue weighted by atomic mass is 32.1. The summed E-state index contributed by atoms with van der Waals surface area (Å²) in [6.45, 7) is 2.65. The number of phenols is 1. The van der Waals surface area contributed by atoms with E-state index in [9.17, 15) is 5.11 Å². The van der Waals surface area contributed by atoms with Gasteiger partial charge in [-0.25, -0.2) is 4.98 Å². The number of rotatable bonds is 4. The van der Waals surface area contributed by atoms with Crippen LogP contribution in [0.1, 0.15) is 11.1 Å². The molecule has 0 aliphatic heterocycles. The maximum Gasteiger partial charge on any atom is 0.132 e. The summed E-state index contributed by atoms with van der Waals surface area (Å²) in [5.74, 6) is 1.07. The number of imidazole rings is 1. The molecule has 120 valence electrons. The van der Waals surface area contributed by atoms with Crippen molar-refractivity contribution < 1.29 is 9.84 Å².